The van der Waals surface area contributed by atoms with Gasteiger partial charge in [-0.05, 0) is 79.4 Å². The molecule has 0 saturated heterocycles. The lowest BCUT2D eigenvalue weighted by Gasteiger charge is -2.27. The monoisotopic (exact) mass is 372 g/mol. The van der Waals surface area contributed by atoms with Crippen molar-refractivity contribution in [1.29, 1.82) is 0 Å². The normalized spacial score (nSPS) is 43.6. The summed E-state index contributed by atoms with van der Waals surface area (Å²) >= 11 is 0. The Kier molecular flexibility index (Phi) is 7.26. The van der Waals surface area contributed by atoms with Crippen molar-refractivity contribution in [2.45, 2.75) is 123 Å². The molecule has 4 fully saturated rings. The first kappa shape index (κ1) is 20.3. The average molecular weight is 373 g/mol. The summed E-state index contributed by atoms with van der Waals surface area (Å²) in [6.45, 7) is 4.93. The van der Waals surface area contributed by atoms with E-state index in [0.29, 0.717) is 0 Å². The molecule has 0 heterocycles. The van der Waals surface area contributed by atoms with Crippen molar-refractivity contribution in [1.82, 2.24) is 0 Å². The molecule has 0 radical (unpaired) electrons. The summed E-state index contributed by atoms with van der Waals surface area (Å²) in [5, 5.41) is 0. The lowest BCUT2D eigenvalue weighted by atomic mass is 9.78. The molecule has 0 amide bonds. The standard InChI is InChI=1S/C27H48/c1-3-8-24-16-15-22(18-21-9-5-4-6-10-21)11-7-12-25-26(27(24)25)19-23-14-13-20(2)17-23/h20-27H,3-19H2,1-2H3. The summed E-state index contributed by atoms with van der Waals surface area (Å²) in [4.78, 5) is 0. The lowest BCUT2D eigenvalue weighted by Crippen LogP contribution is -2.14. The van der Waals surface area contributed by atoms with Crippen molar-refractivity contribution < 1.29 is 0 Å². The van der Waals surface area contributed by atoms with Crippen molar-refractivity contribution in [3.05, 3.63) is 0 Å². The van der Waals surface area contributed by atoms with Gasteiger partial charge in [0.2, 0.25) is 0 Å². The van der Waals surface area contributed by atoms with E-state index in [1.54, 1.807) is 70.6 Å². The highest BCUT2D eigenvalue weighted by atomic mass is 14.6. The van der Waals surface area contributed by atoms with E-state index in [2.05, 4.69) is 13.8 Å². The topological polar surface area (TPSA) is 0 Å². The smallest absolute Gasteiger partial charge is 0.0323 e. The van der Waals surface area contributed by atoms with Crippen LogP contribution in [0.4, 0.5) is 0 Å². The lowest BCUT2D eigenvalue weighted by molar-refractivity contribution is 0.247. The summed E-state index contributed by atoms with van der Waals surface area (Å²) in [5.41, 5.74) is 0. The first-order chi connectivity index (χ1) is 13.2. The van der Waals surface area contributed by atoms with E-state index in [-0.39, 0.29) is 0 Å². The van der Waals surface area contributed by atoms with Crippen LogP contribution in [0.25, 0.3) is 0 Å². The van der Waals surface area contributed by atoms with E-state index in [1.165, 1.54) is 38.5 Å². The van der Waals surface area contributed by atoms with Crippen LogP contribution in [0.1, 0.15) is 123 Å². The molecule has 7 atom stereocenters. The van der Waals surface area contributed by atoms with Gasteiger partial charge in [0.1, 0.15) is 0 Å². The number of hydrogen-bond acceptors (Lipinski definition) is 0. The highest BCUT2D eigenvalue weighted by Gasteiger charge is 2.53. The molecule has 0 aliphatic heterocycles. The SMILES string of the molecule is CCCC1CCC(CC2CCCCC2)CCCC2C(CC3CCC(C)C3)C12. The van der Waals surface area contributed by atoms with Crippen LogP contribution in [0.3, 0.4) is 0 Å². The summed E-state index contributed by atoms with van der Waals surface area (Å²) in [5.74, 6) is 8.83. The predicted octanol–water partition coefficient (Wildman–Crippen LogP) is 8.64. The van der Waals surface area contributed by atoms with E-state index in [4.69, 9.17) is 0 Å². The van der Waals surface area contributed by atoms with Crippen LogP contribution in [0.5, 0.6) is 0 Å². The van der Waals surface area contributed by atoms with Gasteiger partial charge < -0.3 is 0 Å². The van der Waals surface area contributed by atoms with Crippen LogP contribution >= 0.6 is 0 Å². The Hall–Kier alpha value is 0. The zero-order valence-electron chi connectivity index (χ0n) is 18.6. The average Bonchev–Trinajstić information content (AvgIpc) is 3.13. The number of fused-ring (bicyclic) bond motifs is 1. The van der Waals surface area contributed by atoms with Crippen LogP contribution in [0.15, 0.2) is 0 Å². The molecule has 0 aromatic carbocycles. The van der Waals surface area contributed by atoms with Gasteiger partial charge in [-0.3, -0.25) is 0 Å². The first-order valence-corrected chi connectivity index (χ1v) is 13.2. The zero-order valence-corrected chi connectivity index (χ0v) is 18.6. The highest BCUT2D eigenvalue weighted by molar-refractivity contribution is 5.02. The third-order valence-electron chi connectivity index (χ3n) is 9.50. The summed E-state index contributed by atoms with van der Waals surface area (Å²) in [7, 11) is 0. The molecule has 0 N–H and O–H groups in total. The Labute approximate surface area is 170 Å². The molecule has 0 nitrogen and oxygen atoms in total. The molecule has 4 rings (SSSR count). The minimum absolute atomic E-state index is 1.02. The van der Waals surface area contributed by atoms with Crippen molar-refractivity contribution >= 4 is 0 Å². The molecule has 0 spiro atoms. The van der Waals surface area contributed by atoms with E-state index in [9.17, 15) is 0 Å². The summed E-state index contributed by atoms with van der Waals surface area (Å²) in [6, 6.07) is 0. The molecule has 7 unspecified atom stereocenters. The van der Waals surface area contributed by atoms with E-state index >= 15 is 0 Å². The highest BCUT2D eigenvalue weighted by Crippen LogP contribution is 2.60. The Morgan fingerprint density at radius 2 is 1.41 bits per heavy atom. The second kappa shape index (κ2) is 9.67. The molecular weight excluding hydrogens is 324 g/mol. The van der Waals surface area contributed by atoms with Crippen LogP contribution in [-0.2, 0) is 0 Å². The van der Waals surface area contributed by atoms with Crippen LogP contribution < -0.4 is 0 Å². The molecule has 27 heavy (non-hydrogen) atoms. The molecule has 4 aliphatic rings. The zero-order chi connectivity index (χ0) is 18.6. The van der Waals surface area contributed by atoms with Gasteiger partial charge in [-0.1, -0.05) is 90.9 Å². The maximum absolute atomic E-state index is 2.49. The van der Waals surface area contributed by atoms with Gasteiger partial charge >= 0.3 is 0 Å². The molecule has 156 valence electrons. The summed E-state index contributed by atoms with van der Waals surface area (Å²) in [6.07, 6.45) is 26.4. The van der Waals surface area contributed by atoms with Gasteiger partial charge in [-0.25, -0.2) is 0 Å². The van der Waals surface area contributed by atoms with Crippen molar-refractivity contribution in [3.63, 3.8) is 0 Å². The van der Waals surface area contributed by atoms with Gasteiger partial charge in [0, 0.05) is 0 Å². The fraction of sp³-hybridized carbons (Fsp3) is 1.00. The Morgan fingerprint density at radius 1 is 0.667 bits per heavy atom. The Morgan fingerprint density at radius 3 is 2.15 bits per heavy atom. The minimum Gasteiger partial charge on any atom is -0.0654 e. The van der Waals surface area contributed by atoms with Crippen LogP contribution in [0, 0.1) is 47.3 Å². The number of hydrogen-bond donors (Lipinski definition) is 0. The molecule has 0 aromatic rings. The largest absolute Gasteiger partial charge is 0.0654 e. The second-order valence-electron chi connectivity index (χ2n) is 11.6. The summed E-state index contributed by atoms with van der Waals surface area (Å²) < 4.78 is 0. The maximum Gasteiger partial charge on any atom is -0.0323 e. The molecule has 4 saturated carbocycles. The first-order valence-electron chi connectivity index (χ1n) is 13.2. The van der Waals surface area contributed by atoms with Gasteiger partial charge in [-0.2, -0.15) is 0 Å². The fourth-order valence-corrected chi connectivity index (χ4v) is 8.10. The fourth-order valence-electron chi connectivity index (χ4n) is 8.10. The van der Waals surface area contributed by atoms with Crippen molar-refractivity contribution in [2.24, 2.45) is 47.3 Å². The molecule has 0 bridgehead atoms. The Bertz CT molecular complexity index is 433. The predicted molar refractivity (Wildman–Crippen MR) is 118 cm³/mol. The molecular formula is C27H48. The van der Waals surface area contributed by atoms with E-state index in [1.807, 2.05) is 0 Å². The molecule has 0 aromatic heterocycles. The quantitative estimate of drug-likeness (QED) is 0.437. The van der Waals surface area contributed by atoms with Gasteiger partial charge in [0.05, 0.1) is 0 Å². The second-order valence-corrected chi connectivity index (χ2v) is 11.6. The van der Waals surface area contributed by atoms with Gasteiger partial charge in [0.15, 0.2) is 0 Å². The maximum atomic E-state index is 2.49. The van der Waals surface area contributed by atoms with E-state index in [0.717, 1.165) is 47.3 Å². The third kappa shape index (κ3) is 5.33. The minimum atomic E-state index is 1.02. The number of rotatable bonds is 6. The van der Waals surface area contributed by atoms with Crippen LogP contribution in [0.2, 0.25) is 0 Å². The van der Waals surface area contributed by atoms with E-state index < -0.39 is 0 Å². The van der Waals surface area contributed by atoms with Gasteiger partial charge in [-0.15, -0.1) is 0 Å². The molecule has 0 heteroatoms. The van der Waals surface area contributed by atoms with Crippen molar-refractivity contribution in [2.75, 3.05) is 0 Å². The third-order valence-corrected chi connectivity index (χ3v) is 9.50. The van der Waals surface area contributed by atoms with Crippen LogP contribution in [-0.4, -0.2) is 0 Å². The Balaban J connectivity index is 1.31. The van der Waals surface area contributed by atoms with Gasteiger partial charge in [0.25, 0.3) is 0 Å². The van der Waals surface area contributed by atoms with Crippen molar-refractivity contribution in [3.8, 4) is 0 Å². The molecule has 4 aliphatic carbocycles.